The van der Waals surface area contributed by atoms with Crippen molar-refractivity contribution in [2.24, 2.45) is 5.92 Å². The van der Waals surface area contributed by atoms with E-state index in [9.17, 15) is 18.0 Å². The predicted molar refractivity (Wildman–Crippen MR) is 123 cm³/mol. The van der Waals surface area contributed by atoms with Crippen LogP contribution >= 0.6 is 11.6 Å². The summed E-state index contributed by atoms with van der Waals surface area (Å²) >= 11 is 6.13. The zero-order valence-electron chi connectivity index (χ0n) is 18.6. The van der Waals surface area contributed by atoms with Gasteiger partial charge in [-0.2, -0.15) is 4.31 Å². The van der Waals surface area contributed by atoms with Gasteiger partial charge in [-0.25, -0.2) is 8.42 Å². The average molecular weight is 495 g/mol. The van der Waals surface area contributed by atoms with Gasteiger partial charge >= 0.3 is 0 Å². The van der Waals surface area contributed by atoms with Crippen molar-refractivity contribution >= 4 is 39.1 Å². The number of rotatable bonds is 5. The molecule has 2 aromatic rings. The minimum atomic E-state index is -3.84. The molecule has 3 heterocycles. The van der Waals surface area contributed by atoms with Crippen molar-refractivity contribution in [2.75, 3.05) is 31.5 Å². The van der Waals surface area contributed by atoms with E-state index in [1.807, 2.05) is 0 Å². The van der Waals surface area contributed by atoms with Crippen molar-refractivity contribution in [3.05, 3.63) is 40.2 Å². The van der Waals surface area contributed by atoms with E-state index >= 15 is 0 Å². The summed E-state index contributed by atoms with van der Waals surface area (Å²) in [6.45, 7) is 4.85. The van der Waals surface area contributed by atoms with Gasteiger partial charge in [0.1, 0.15) is 10.6 Å². The number of anilines is 1. The summed E-state index contributed by atoms with van der Waals surface area (Å²) < 4.78 is 32.7. The third kappa shape index (κ3) is 4.78. The highest BCUT2D eigenvalue weighted by Crippen LogP contribution is 2.29. The zero-order chi connectivity index (χ0) is 23.8. The molecule has 2 saturated heterocycles. The lowest BCUT2D eigenvalue weighted by atomic mass is 9.98. The topological polar surface area (TPSA) is 113 Å². The Kier molecular flexibility index (Phi) is 6.78. The van der Waals surface area contributed by atoms with E-state index in [0.29, 0.717) is 54.4 Å². The number of amides is 2. The van der Waals surface area contributed by atoms with Crippen LogP contribution in [0.1, 0.15) is 47.5 Å². The van der Waals surface area contributed by atoms with Gasteiger partial charge in [-0.05, 0) is 57.7 Å². The molecule has 0 aliphatic carbocycles. The third-order valence-electron chi connectivity index (χ3n) is 6.18. The van der Waals surface area contributed by atoms with Crippen LogP contribution in [0.5, 0.6) is 0 Å². The van der Waals surface area contributed by atoms with Gasteiger partial charge in [-0.1, -0.05) is 16.8 Å². The minimum Gasteiger partial charge on any atom is -0.360 e. The van der Waals surface area contributed by atoms with Crippen LogP contribution in [0.3, 0.4) is 0 Å². The van der Waals surface area contributed by atoms with Gasteiger partial charge in [0.05, 0.1) is 17.2 Å². The van der Waals surface area contributed by atoms with Crippen LogP contribution in [-0.2, 0) is 14.8 Å². The van der Waals surface area contributed by atoms with E-state index in [1.165, 1.54) is 4.31 Å². The van der Waals surface area contributed by atoms with Crippen LogP contribution in [0, 0.1) is 19.8 Å². The van der Waals surface area contributed by atoms with Crippen LogP contribution in [0.25, 0.3) is 0 Å². The molecule has 2 aliphatic heterocycles. The number of piperidine rings is 1. The standard InChI is InChI=1S/C22H27ClN4O5S/c1-14-20(15(2)32-25-14)33(30,31)27-11-5-6-16(13-27)21(28)24-19-8-7-17(23)12-18(19)22(29)26-9-3-4-10-26/h7-8,12,16H,3-6,9-11,13H2,1-2H3,(H,24,28). The van der Waals surface area contributed by atoms with Crippen LogP contribution in [0.2, 0.25) is 5.02 Å². The molecule has 0 bridgehead atoms. The lowest BCUT2D eigenvalue weighted by Gasteiger charge is -2.31. The Morgan fingerprint density at radius 3 is 2.55 bits per heavy atom. The van der Waals surface area contributed by atoms with E-state index < -0.39 is 15.9 Å². The van der Waals surface area contributed by atoms with Crippen LogP contribution in [0.15, 0.2) is 27.6 Å². The first-order valence-electron chi connectivity index (χ1n) is 11.0. The molecule has 0 radical (unpaired) electrons. The van der Waals surface area contributed by atoms with Gasteiger partial charge in [0.25, 0.3) is 5.91 Å². The number of carbonyl (C=O) groups is 2. The fourth-order valence-corrected chi connectivity index (χ4v) is 6.46. The number of halogens is 1. The van der Waals surface area contributed by atoms with Crippen molar-refractivity contribution in [3.8, 4) is 0 Å². The zero-order valence-corrected chi connectivity index (χ0v) is 20.2. The smallest absolute Gasteiger partial charge is 0.256 e. The van der Waals surface area contributed by atoms with Crippen molar-refractivity contribution in [2.45, 2.75) is 44.4 Å². The van der Waals surface area contributed by atoms with Crippen molar-refractivity contribution in [3.63, 3.8) is 0 Å². The molecule has 2 fully saturated rings. The summed E-state index contributed by atoms with van der Waals surface area (Å²) in [4.78, 5) is 27.9. The van der Waals surface area contributed by atoms with Gasteiger partial charge in [0, 0.05) is 31.2 Å². The number of carbonyl (C=O) groups excluding carboxylic acids is 2. The molecular formula is C22H27ClN4O5S. The first-order valence-corrected chi connectivity index (χ1v) is 12.8. The van der Waals surface area contributed by atoms with Gasteiger partial charge in [-0.15, -0.1) is 0 Å². The number of nitrogens with zero attached hydrogens (tertiary/aromatic N) is 3. The quantitative estimate of drug-likeness (QED) is 0.682. The maximum atomic E-state index is 13.2. The van der Waals surface area contributed by atoms with Crippen molar-refractivity contribution in [1.29, 1.82) is 0 Å². The molecule has 9 nitrogen and oxygen atoms in total. The number of hydrogen-bond donors (Lipinski definition) is 1. The van der Waals surface area contributed by atoms with E-state index in [-0.39, 0.29) is 29.0 Å². The first-order chi connectivity index (χ1) is 15.7. The van der Waals surface area contributed by atoms with Crippen molar-refractivity contribution in [1.82, 2.24) is 14.4 Å². The highest BCUT2D eigenvalue weighted by atomic mass is 35.5. The normalized spacial score (nSPS) is 19.6. The number of aryl methyl sites for hydroxylation is 2. The number of hydrogen-bond acceptors (Lipinski definition) is 6. The van der Waals surface area contributed by atoms with Crippen LogP contribution in [-0.4, -0.2) is 60.8 Å². The Hall–Kier alpha value is -2.43. The third-order valence-corrected chi connectivity index (χ3v) is 8.53. The van der Waals surface area contributed by atoms with Gasteiger partial charge < -0.3 is 14.7 Å². The molecular weight excluding hydrogens is 468 g/mol. The summed E-state index contributed by atoms with van der Waals surface area (Å²) in [6.07, 6.45) is 2.99. The maximum Gasteiger partial charge on any atom is 0.256 e. The lowest BCUT2D eigenvalue weighted by Crippen LogP contribution is -2.44. The largest absolute Gasteiger partial charge is 0.360 e. The second-order valence-electron chi connectivity index (χ2n) is 8.53. The summed E-state index contributed by atoms with van der Waals surface area (Å²) in [5.41, 5.74) is 1.02. The van der Waals surface area contributed by atoms with Crippen LogP contribution in [0.4, 0.5) is 5.69 Å². The molecule has 178 valence electrons. The minimum absolute atomic E-state index is 0.0429. The molecule has 1 aromatic carbocycles. The van der Waals surface area contributed by atoms with Gasteiger partial charge in [-0.3, -0.25) is 9.59 Å². The monoisotopic (exact) mass is 494 g/mol. The second-order valence-corrected chi connectivity index (χ2v) is 10.8. The molecule has 2 amide bonds. The molecule has 2 aliphatic rings. The summed E-state index contributed by atoms with van der Waals surface area (Å²) in [7, 11) is -3.84. The van der Waals surface area contributed by atoms with E-state index in [2.05, 4.69) is 10.5 Å². The molecule has 11 heteroatoms. The SMILES string of the molecule is Cc1noc(C)c1S(=O)(=O)N1CCCC(C(=O)Nc2ccc(Cl)cc2C(=O)N2CCCC2)C1. The Morgan fingerprint density at radius 2 is 1.88 bits per heavy atom. The van der Waals surface area contributed by atoms with Gasteiger partial charge in [0.2, 0.25) is 15.9 Å². The van der Waals surface area contributed by atoms with E-state index in [0.717, 1.165) is 12.8 Å². The number of nitrogens with one attached hydrogen (secondary N) is 1. The molecule has 1 N–H and O–H groups in total. The second kappa shape index (κ2) is 9.44. The molecule has 1 unspecified atom stereocenters. The Balaban J connectivity index is 1.52. The predicted octanol–water partition coefficient (Wildman–Crippen LogP) is 3.22. The lowest BCUT2D eigenvalue weighted by molar-refractivity contribution is -0.120. The van der Waals surface area contributed by atoms with Crippen LogP contribution < -0.4 is 5.32 Å². The molecule has 1 atom stereocenters. The molecule has 0 spiro atoms. The fraction of sp³-hybridized carbons (Fsp3) is 0.500. The number of aromatic nitrogens is 1. The molecule has 0 saturated carbocycles. The van der Waals surface area contributed by atoms with Gasteiger partial charge in [0.15, 0.2) is 5.76 Å². The Bertz CT molecular complexity index is 1150. The Labute approximate surface area is 198 Å². The fourth-order valence-electron chi connectivity index (χ4n) is 4.47. The molecule has 33 heavy (non-hydrogen) atoms. The summed E-state index contributed by atoms with van der Waals surface area (Å²) in [5, 5.41) is 7.00. The Morgan fingerprint density at radius 1 is 1.15 bits per heavy atom. The average Bonchev–Trinajstić information content (AvgIpc) is 3.44. The van der Waals surface area contributed by atoms with Crippen molar-refractivity contribution < 1.29 is 22.5 Å². The number of benzene rings is 1. The highest BCUT2D eigenvalue weighted by molar-refractivity contribution is 7.89. The summed E-state index contributed by atoms with van der Waals surface area (Å²) in [5.74, 6) is -0.826. The summed E-state index contributed by atoms with van der Waals surface area (Å²) in [6, 6.07) is 4.80. The van der Waals surface area contributed by atoms with E-state index in [1.54, 1.807) is 36.9 Å². The number of sulfonamides is 1. The molecule has 4 rings (SSSR count). The number of likely N-dealkylation sites (tertiary alicyclic amines) is 1. The highest BCUT2D eigenvalue weighted by Gasteiger charge is 2.37. The molecule has 1 aromatic heterocycles. The maximum absolute atomic E-state index is 13.2. The first kappa shape index (κ1) is 23.7. The van der Waals surface area contributed by atoms with E-state index in [4.69, 9.17) is 16.1 Å².